The van der Waals surface area contributed by atoms with Crippen molar-refractivity contribution in [2.24, 2.45) is 0 Å². The van der Waals surface area contributed by atoms with Gasteiger partial charge in [0, 0.05) is 20.0 Å². The van der Waals surface area contributed by atoms with Crippen LogP contribution in [0, 0.1) is 0 Å². The van der Waals surface area contributed by atoms with Crippen LogP contribution in [0.1, 0.15) is 24.2 Å². The van der Waals surface area contributed by atoms with Gasteiger partial charge >= 0.3 is 5.97 Å². The second-order valence-electron chi connectivity index (χ2n) is 6.65. The van der Waals surface area contributed by atoms with Gasteiger partial charge in [0.15, 0.2) is 0 Å². The van der Waals surface area contributed by atoms with Crippen LogP contribution in [0.3, 0.4) is 0 Å². The van der Waals surface area contributed by atoms with Gasteiger partial charge in [0.05, 0.1) is 0 Å². The summed E-state index contributed by atoms with van der Waals surface area (Å²) in [6, 6.07) is 22.2. The van der Waals surface area contributed by atoms with Crippen molar-refractivity contribution in [3.05, 3.63) is 77.9 Å². The summed E-state index contributed by atoms with van der Waals surface area (Å²) in [7, 11) is 7.87. The zero-order valence-corrected chi connectivity index (χ0v) is 15.2. The topological polar surface area (TPSA) is 29.5 Å². The van der Waals surface area contributed by atoms with E-state index < -0.39 is 0 Å². The SMILES string of the molecule is [B]c1cccc(CN(C)CC(OC(C)=O)c2ccc3ccccc3c2)c1. The van der Waals surface area contributed by atoms with Gasteiger partial charge in [0.25, 0.3) is 0 Å². The summed E-state index contributed by atoms with van der Waals surface area (Å²) >= 11 is 0. The molecule has 0 saturated carbocycles. The lowest BCUT2D eigenvalue weighted by atomic mass is 9.94. The Balaban J connectivity index is 1.79. The third-order valence-corrected chi connectivity index (χ3v) is 4.33. The van der Waals surface area contributed by atoms with Gasteiger partial charge in [0.2, 0.25) is 0 Å². The van der Waals surface area contributed by atoms with E-state index in [0.29, 0.717) is 6.54 Å². The fraction of sp³-hybridized carbons (Fsp3) is 0.227. The maximum Gasteiger partial charge on any atom is 0.303 e. The summed E-state index contributed by atoms with van der Waals surface area (Å²) < 4.78 is 5.61. The molecule has 0 aliphatic carbocycles. The maximum atomic E-state index is 11.6. The fourth-order valence-corrected chi connectivity index (χ4v) is 3.17. The van der Waals surface area contributed by atoms with Crippen molar-refractivity contribution in [2.75, 3.05) is 13.6 Å². The van der Waals surface area contributed by atoms with E-state index in [2.05, 4.69) is 29.2 Å². The number of hydrogen-bond donors (Lipinski definition) is 0. The van der Waals surface area contributed by atoms with E-state index in [4.69, 9.17) is 12.6 Å². The van der Waals surface area contributed by atoms with E-state index in [9.17, 15) is 4.79 Å². The molecule has 3 rings (SSSR count). The molecule has 0 aromatic heterocycles. The molecule has 4 heteroatoms. The van der Waals surface area contributed by atoms with Gasteiger partial charge in [-0.15, -0.1) is 0 Å². The molecule has 0 N–H and O–H groups in total. The largest absolute Gasteiger partial charge is 0.456 e. The number of nitrogens with zero attached hydrogens (tertiary/aromatic N) is 1. The Morgan fingerprint density at radius 3 is 2.54 bits per heavy atom. The molecular weight excluding hydrogens is 321 g/mol. The van der Waals surface area contributed by atoms with Gasteiger partial charge in [-0.05, 0) is 35.0 Å². The fourth-order valence-electron chi connectivity index (χ4n) is 3.17. The molecule has 3 nitrogen and oxygen atoms in total. The lowest BCUT2D eigenvalue weighted by Crippen LogP contribution is -2.27. The Bertz CT molecular complexity index is 909. The van der Waals surface area contributed by atoms with E-state index in [0.717, 1.165) is 28.5 Å². The summed E-state index contributed by atoms with van der Waals surface area (Å²) in [5.74, 6) is -0.277. The lowest BCUT2D eigenvalue weighted by molar-refractivity contribution is -0.147. The third-order valence-electron chi connectivity index (χ3n) is 4.33. The number of carbonyl (C=O) groups is 1. The highest BCUT2D eigenvalue weighted by Crippen LogP contribution is 2.24. The number of esters is 1. The average Bonchev–Trinajstić information content (AvgIpc) is 2.60. The molecule has 130 valence electrons. The van der Waals surface area contributed by atoms with E-state index in [1.54, 1.807) is 0 Å². The Labute approximate surface area is 156 Å². The first-order chi connectivity index (χ1) is 12.5. The third kappa shape index (κ3) is 4.74. The number of rotatable bonds is 6. The van der Waals surface area contributed by atoms with Crippen molar-refractivity contribution in [3.63, 3.8) is 0 Å². The van der Waals surface area contributed by atoms with Crippen molar-refractivity contribution in [3.8, 4) is 0 Å². The molecule has 0 aliphatic rings. The molecule has 0 amide bonds. The molecular formula is C22H22BNO2. The molecule has 0 heterocycles. The van der Waals surface area contributed by atoms with Gasteiger partial charge in [0.1, 0.15) is 14.0 Å². The second-order valence-corrected chi connectivity index (χ2v) is 6.65. The first-order valence-electron chi connectivity index (χ1n) is 8.70. The minimum Gasteiger partial charge on any atom is -0.456 e. The molecule has 26 heavy (non-hydrogen) atoms. The average molecular weight is 343 g/mol. The van der Waals surface area contributed by atoms with Crippen molar-refractivity contribution >= 4 is 30.1 Å². The van der Waals surface area contributed by atoms with Crippen molar-refractivity contribution in [2.45, 2.75) is 19.6 Å². The molecule has 0 saturated heterocycles. The molecule has 0 bridgehead atoms. The lowest BCUT2D eigenvalue weighted by Gasteiger charge is -2.24. The minimum atomic E-state index is -0.317. The maximum absolute atomic E-state index is 11.6. The van der Waals surface area contributed by atoms with Gasteiger partial charge < -0.3 is 4.74 Å². The first-order valence-corrected chi connectivity index (χ1v) is 8.70. The van der Waals surface area contributed by atoms with Crippen LogP contribution < -0.4 is 5.46 Å². The van der Waals surface area contributed by atoms with Crippen LogP contribution >= 0.6 is 0 Å². The van der Waals surface area contributed by atoms with Crippen LogP contribution in [0.4, 0.5) is 0 Å². The number of hydrogen-bond acceptors (Lipinski definition) is 3. The van der Waals surface area contributed by atoms with Crippen LogP contribution in [0.25, 0.3) is 10.8 Å². The molecule has 3 aromatic rings. The normalized spacial score (nSPS) is 12.3. The van der Waals surface area contributed by atoms with Crippen LogP contribution in [0.2, 0.25) is 0 Å². The highest BCUT2D eigenvalue weighted by molar-refractivity contribution is 6.32. The minimum absolute atomic E-state index is 0.277. The smallest absolute Gasteiger partial charge is 0.303 e. The molecule has 2 radical (unpaired) electrons. The van der Waals surface area contributed by atoms with Crippen LogP contribution in [-0.2, 0) is 16.1 Å². The zero-order valence-electron chi connectivity index (χ0n) is 15.2. The summed E-state index contributed by atoms with van der Waals surface area (Å²) in [4.78, 5) is 13.8. The predicted octanol–water partition coefficient (Wildman–Crippen LogP) is 3.37. The van der Waals surface area contributed by atoms with E-state index >= 15 is 0 Å². The van der Waals surface area contributed by atoms with Crippen molar-refractivity contribution < 1.29 is 9.53 Å². The number of ether oxygens (including phenoxy) is 1. The summed E-state index contributed by atoms with van der Waals surface area (Å²) in [6.07, 6.45) is -0.317. The summed E-state index contributed by atoms with van der Waals surface area (Å²) in [6.45, 7) is 2.79. The van der Waals surface area contributed by atoms with E-state index in [-0.39, 0.29) is 12.1 Å². The van der Waals surface area contributed by atoms with Crippen LogP contribution in [0.15, 0.2) is 66.7 Å². The Kier molecular flexibility index (Phi) is 5.74. The van der Waals surface area contributed by atoms with Gasteiger partial charge in [-0.2, -0.15) is 0 Å². The number of carbonyl (C=O) groups excluding carboxylic acids is 1. The zero-order chi connectivity index (χ0) is 18.5. The standard InChI is InChI=1S/C22H22BNO2/c1-16(25)26-22(15-24(2)14-17-6-5-9-21(23)12-17)20-11-10-18-7-3-4-8-19(18)13-20/h3-13,22H,14-15H2,1-2H3. The highest BCUT2D eigenvalue weighted by Gasteiger charge is 2.18. The molecule has 1 atom stereocenters. The van der Waals surface area contributed by atoms with E-state index in [1.807, 2.05) is 49.5 Å². The van der Waals surface area contributed by atoms with Gasteiger partial charge in [-0.3, -0.25) is 9.69 Å². The van der Waals surface area contributed by atoms with Crippen molar-refractivity contribution in [1.82, 2.24) is 4.90 Å². The van der Waals surface area contributed by atoms with Gasteiger partial charge in [-0.25, -0.2) is 0 Å². The van der Waals surface area contributed by atoms with E-state index in [1.165, 1.54) is 12.3 Å². The second kappa shape index (κ2) is 8.20. The molecule has 3 aromatic carbocycles. The first kappa shape index (κ1) is 18.2. The number of likely N-dealkylation sites (N-methyl/N-ethyl adjacent to an activating group) is 1. The van der Waals surface area contributed by atoms with Gasteiger partial charge in [-0.1, -0.05) is 66.1 Å². The summed E-state index contributed by atoms with van der Waals surface area (Å²) in [5, 5.41) is 2.31. The number of fused-ring (bicyclic) bond motifs is 1. The van der Waals surface area contributed by atoms with Crippen molar-refractivity contribution in [1.29, 1.82) is 0 Å². The molecule has 0 fully saturated rings. The number of benzene rings is 3. The van der Waals surface area contributed by atoms with Crippen LogP contribution in [-0.4, -0.2) is 32.3 Å². The molecule has 1 unspecified atom stereocenters. The molecule has 0 spiro atoms. The summed E-state index contributed by atoms with van der Waals surface area (Å²) in [5.41, 5.74) is 2.88. The molecule has 0 aliphatic heterocycles. The Morgan fingerprint density at radius 2 is 1.81 bits per heavy atom. The Morgan fingerprint density at radius 1 is 1.04 bits per heavy atom. The predicted molar refractivity (Wildman–Crippen MR) is 107 cm³/mol. The highest BCUT2D eigenvalue weighted by atomic mass is 16.5. The van der Waals surface area contributed by atoms with Crippen LogP contribution in [0.5, 0.6) is 0 Å². The quantitative estimate of drug-likeness (QED) is 0.508. The monoisotopic (exact) mass is 343 g/mol. The Hall–Kier alpha value is -2.59.